The molecule has 0 aliphatic rings. The Kier molecular flexibility index (Phi) is 5.39. The predicted octanol–water partition coefficient (Wildman–Crippen LogP) is 2.55. The minimum absolute atomic E-state index is 0.0212. The van der Waals surface area contributed by atoms with E-state index in [0.717, 1.165) is 6.07 Å². The van der Waals surface area contributed by atoms with Gasteiger partial charge < -0.3 is 24.8 Å². The fourth-order valence-electron chi connectivity index (χ4n) is 2.60. The third kappa shape index (κ3) is 3.41. The van der Waals surface area contributed by atoms with Crippen LogP contribution in [0, 0.1) is 20.8 Å². The fourth-order valence-corrected chi connectivity index (χ4v) is 2.60. The van der Waals surface area contributed by atoms with Crippen LogP contribution < -0.4 is 4.74 Å². The smallest absolute Gasteiger partial charge is 0.347 e. The molecule has 0 saturated heterocycles. The lowest BCUT2D eigenvalue weighted by molar-refractivity contribution is 0.0596. The number of phenolic OH excluding ortho intramolecular Hbond substituents is 3. The predicted molar refractivity (Wildman–Crippen MR) is 93.8 cm³/mol. The first-order valence-electron chi connectivity index (χ1n) is 7.78. The fraction of sp³-hybridized carbons (Fsp3) is 0.211. The van der Waals surface area contributed by atoms with E-state index in [0.29, 0.717) is 5.56 Å². The number of aryl methyl sites for hydroxylation is 1. The number of ether oxygens (including phenoxy) is 2. The van der Waals surface area contributed by atoms with Crippen molar-refractivity contribution >= 4 is 18.2 Å². The lowest BCUT2D eigenvalue weighted by atomic mass is 10.0. The second-order valence-electron chi connectivity index (χ2n) is 5.87. The topological polar surface area (TPSA) is 130 Å². The molecular weight excluding hydrogens is 356 g/mol. The van der Waals surface area contributed by atoms with Crippen molar-refractivity contribution in [3.05, 3.63) is 45.5 Å². The molecule has 8 nitrogen and oxygen atoms in total. The molecule has 8 heteroatoms. The molecule has 2 rings (SSSR count). The third-order valence-electron chi connectivity index (χ3n) is 4.19. The SMILES string of the molecule is COC(=O)c1c(C)cc(OC(=O)c2c(C)c(O)cc(C=O)c2O)c(C)c1O. The third-order valence-corrected chi connectivity index (χ3v) is 4.19. The number of hydrogen-bond donors (Lipinski definition) is 3. The number of phenols is 3. The quantitative estimate of drug-likeness (QED) is 0.322. The lowest BCUT2D eigenvalue weighted by Gasteiger charge is -2.15. The monoisotopic (exact) mass is 374 g/mol. The van der Waals surface area contributed by atoms with Crippen molar-refractivity contribution in [3.63, 3.8) is 0 Å². The Hall–Kier alpha value is -3.55. The summed E-state index contributed by atoms with van der Waals surface area (Å²) in [7, 11) is 1.17. The van der Waals surface area contributed by atoms with Gasteiger partial charge in [-0.1, -0.05) is 0 Å². The highest BCUT2D eigenvalue weighted by atomic mass is 16.5. The van der Waals surface area contributed by atoms with E-state index in [1.165, 1.54) is 33.9 Å². The van der Waals surface area contributed by atoms with E-state index in [4.69, 9.17) is 4.74 Å². The second-order valence-corrected chi connectivity index (χ2v) is 5.87. The highest BCUT2D eigenvalue weighted by molar-refractivity contribution is 6.00. The first-order valence-corrected chi connectivity index (χ1v) is 7.78. The summed E-state index contributed by atoms with van der Waals surface area (Å²) in [6.07, 6.45) is 0.289. The average Bonchev–Trinajstić information content (AvgIpc) is 2.62. The summed E-state index contributed by atoms with van der Waals surface area (Å²) in [6.45, 7) is 4.32. The van der Waals surface area contributed by atoms with Crippen molar-refractivity contribution < 1.29 is 39.2 Å². The van der Waals surface area contributed by atoms with Crippen LogP contribution in [0.5, 0.6) is 23.0 Å². The largest absolute Gasteiger partial charge is 0.508 e. The van der Waals surface area contributed by atoms with Crippen molar-refractivity contribution in [2.75, 3.05) is 7.11 Å². The van der Waals surface area contributed by atoms with Crippen molar-refractivity contribution in [2.24, 2.45) is 0 Å². The van der Waals surface area contributed by atoms with Crippen molar-refractivity contribution in [1.29, 1.82) is 0 Å². The zero-order chi connectivity index (χ0) is 20.5. The molecular formula is C19H18O8. The van der Waals surface area contributed by atoms with Gasteiger partial charge >= 0.3 is 11.9 Å². The highest BCUT2D eigenvalue weighted by Gasteiger charge is 2.25. The van der Waals surface area contributed by atoms with E-state index in [1.807, 2.05) is 0 Å². The highest BCUT2D eigenvalue weighted by Crippen LogP contribution is 2.36. The Morgan fingerprint density at radius 3 is 2.11 bits per heavy atom. The number of aldehydes is 1. The number of rotatable bonds is 4. The lowest BCUT2D eigenvalue weighted by Crippen LogP contribution is -2.13. The second kappa shape index (κ2) is 7.36. The van der Waals surface area contributed by atoms with Gasteiger partial charge in [-0.05, 0) is 38.5 Å². The molecule has 0 bridgehead atoms. The summed E-state index contributed by atoms with van der Waals surface area (Å²) in [4.78, 5) is 35.3. The van der Waals surface area contributed by atoms with Gasteiger partial charge in [0.15, 0.2) is 6.29 Å². The van der Waals surface area contributed by atoms with Crippen molar-refractivity contribution in [1.82, 2.24) is 0 Å². The van der Waals surface area contributed by atoms with Crippen molar-refractivity contribution in [2.45, 2.75) is 20.8 Å². The van der Waals surface area contributed by atoms with Gasteiger partial charge in [0.05, 0.1) is 12.7 Å². The van der Waals surface area contributed by atoms with Gasteiger partial charge in [-0.15, -0.1) is 0 Å². The number of methoxy groups -OCH3 is 1. The number of benzene rings is 2. The van der Waals surface area contributed by atoms with Crippen LogP contribution in [0.25, 0.3) is 0 Å². The summed E-state index contributed by atoms with van der Waals surface area (Å²) in [5.41, 5.74) is -0.296. The van der Waals surface area contributed by atoms with Crippen LogP contribution in [0.15, 0.2) is 12.1 Å². The van der Waals surface area contributed by atoms with Gasteiger partial charge in [-0.2, -0.15) is 0 Å². The molecule has 0 fully saturated rings. The minimum Gasteiger partial charge on any atom is -0.508 e. The summed E-state index contributed by atoms with van der Waals surface area (Å²) < 4.78 is 9.85. The van der Waals surface area contributed by atoms with E-state index >= 15 is 0 Å². The zero-order valence-corrected chi connectivity index (χ0v) is 15.1. The Balaban J connectivity index is 2.53. The normalized spacial score (nSPS) is 10.4. The minimum atomic E-state index is -1.04. The number of carbonyl (C=O) groups is 3. The molecule has 0 spiro atoms. The Morgan fingerprint density at radius 2 is 1.56 bits per heavy atom. The molecule has 2 aromatic rings. The molecule has 0 heterocycles. The van der Waals surface area contributed by atoms with Crippen LogP contribution in [-0.4, -0.2) is 40.7 Å². The van der Waals surface area contributed by atoms with Crippen molar-refractivity contribution in [3.8, 4) is 23.0 Å². The first-order chi connectivity index (χ1) is 12.6. The molecule has 0 unspecified atom stereocenters. The maximum Gasteiger partial charge on any atom is 0.347 e. The molecule has 27 heavy (non-hydrogen) atoms. The Labute approximate surface area is 154 Å². The van der Waals surface area contributed by atoms with Gasteiger partial charge in [0.2, 0.25) is 0 Å². The summed E-state index contributed by atoms with van der Waals surface area (Å²) in [5.74, 6) is -3.25. The van der Waals surface area contributed by atoms with Gasteiger partial charge in [0, 0.05) is 11.1 Å². The number of carbonyl (C=O) groups excluding carboxylic acids is 3. The molecule has 2 aromatic carbocycles. The van der Waals surface area contributed by atoms with Crippen LogP contribution in [0.1, 0.15) is 47.8 Å². The van der Waals surface area contributed by atoms with E-state index in [2.05, 4.69) is 4.74 Å². The molecule has 0 aliphatic heterocycles. The zero-order valence-electron chi connectivity index (χ0n) is 15.1. The summed E-state index contributed by atoms with van der Waals surface area (Å²) in [5, 5.41) is 30.2. The number of hydrogen-bond acceptors (Lipinski definition) is 8. The summed E-state index contributed by atoms with van der Waals surface area (Å²) >= 11 is 0. The van der Waals surface area contributed by atoms with Crippen LogP contribution in [0.3, 0.4) is 0 Å². The molecule has 3 N–H and O–H groups in total. The molecule has 0 aromatic heterocycles. The van der Waals surface area contributed by atoms with Gasteiger partial charge in [-0.25, -0.2) is 9.59 Å². The number of esters is 2. The standard InChI is InChI=1S/C19H18O8/c1-8-5-13(10(3)16(22)14(8)18(24)26-4)27-19(25)15-9(2)12(21)6-11(7-20)17(15)23/h5-7,21-23H,1-4H3. The van der Waals surface area contributed by atoms with Crippen LogP contribution in [0.2, 0.25) is 0 Å². The molecule has 0 radical (unpaired) electrons. The van der Waals surface area contributed by atoms with E-state index in [1.54, 1.807) is 0 Å². The number of aromatic hydroxyl groups is 3. The molecule has 142 valence electrons. The molecule has 0 amide bonds. The molecule has 0 aliphatic carbocycles. The average molecular weight is 374 g/mol. The van der Waals surface area contributed by atoms with Crippen LogP contribution in [0.4, 0.5) is 0 Å². The van der Waals surface area contributed by atoms with Gasteiger partial charge in [0.1, 0.15) is 34.1 Å². The summed E-state index contributed by atoms with van der Waals surface area (Å²) in [6, 6.07) is 2.38. The molecule has 0 atom stereocenters. The molecule has 0 saturated carbocycles. The van der Waals surface area contributed by atoms with E-state index in [9.17, 15) is 29.7 Å². The van der Waals surface area contributed by atoms with Crippen LogP contribution >= 0.6 is 0 Å². The Morgan fingerprint density at radius 1 is 0.926 bits per heavy atom. The van der Waals surface area contributed by atoms with E-state index < -0.39 is 23.4 Å². The maximum absolute atomic E-state index is 12.5. The van der Waals surface area contributed by atoms with Crippen LogP contribution in [-0.2, 0) is 4.74 Å². The maximum atomic E-state index is 12.5. The van der Waals surface area contributed by atoms with Gasteiger partial charge in [-0.3, -0.25) is 4.79 Å². The Bertz CT molecular complexity index is 959. The van der Waals surface area contributed by atoms with E-state index in [-0.39, 0.29) is 45.6 Å². The first kappa shape index (κ1) is 19.8. The van der Waals surface area contributed by atoms with Gasteiger partial charge in [0.25, 0.3) is 0 Å².